The lowest BCUT2D eigenvalue weighted by atomic mass is 9.96. The smallest absolute Gasteiger partial charge is 0.407 e. The molecular weight excluding hydrogens is 529 g/mol. The van der Waals surface area contributed by atoms with Crippen LogP contribution in [0.1, 0.15) is 50.5 Å². The van der Waals surface area contributed by atoms with Crippen LogP contribution < -0.4 is 14.8 Å². The molecule has 0 aliphatic carbocycles. The predicted octanol–water partition coefficient (Wildman–Crippen LogP) is 6.88. The van der Waals surface area contributed by atoms with E-state index in [4.69, 9.17) is 23.4 Å². The Kier molecular flexibility index (Phi) is 7.88. The van der Waals surface area contributed by atoms with E-state index in [1.54, 1.807) is 46.1 Å². The molecule has 0 saturated carbocycles. The van der Waals surface area contributed by atoms with E-state index in [-0.39, 0.29) is 25.5 Å². The van der Waals surface area contributed by atoms with Gasteiger partial charge in [0, 0.05) is 23.1 Å². The van der Waals surface area contributed by atoms with Crippen molar-refractivity contribution in [2.24, 2.45) is 0 Å². The van der Waals surface area contributed by atoms with Crippen molar-refractivity contribution in [2.75, 3.05) is 13.2 Å². The highest BCUT2D eigenvalue weighted by Crippen LogP contribution is 2.41. The van der Waals surface area contributed by atoms with Gasteiger partial charge in [-0.2, -0.15) is 0 Å². The number of esters is 1. The number of amides is 1. The van der Waals surface area contributed by atoms with Gasteiger partial charge in [-0.15, -0.1) is 0 Å². The van der Waals surface area contributed by atoms with Crippen LogP contribution >= 0.6 is 0 Å². The molecule has 1 atom stereocenters. The molecule has 214 valence electrons. The lowest BCUT2D eigenvalue weighted by Crippen LogP contribution is -2.32. The molecule has 1 N–H and O–H groups in total. The molecule has 2 heterocycles. The maximum atomic E-state index is 14.8. The third-order valence-electron chi connectivity index (χ3n) is 6.40. The highest BCUT2D eigenvalue weighted by molar-refractivity contribution is 5.93. The number of benzene rings is 3. The molecular formula is C32H32FNO7. The summed E-state index contributed by atoms with van der Waals surface area (Å²) in [5.74, 6) is 0.243. The second kappa shape index (κ2) is 11.5. The van der Waals surface area contributed by atoms with Gasteiger partial charge in [-0.05, 0) is 86.8 Å². The van der Waals surface area contributed by atoms with Crippen LogP contribution in [0.5, 0.6) is 11.5 Å². The molecule has 1 aliphatic rings. The van der Waals surface area contributed by atoms with E-state index in [0.717, 1.165) is 10.9 Å². The third kappa shape index (κ3) is 6.62. The van der Waals surface area contributed by atoms with Crippen LogP contribution in [0.4, 0.5) is 9.18 Å². The Morgan fingerprint density at radius 1 is 1.10 bits per heavy atom. The molecule has 41 heavy (non-hydrogen) atoms. The first-order valence-electron chi connectivity index (χ1n) is 13.4. The van der Waals surface area contributed by atoms with Crippen molar-refractivity contribution < 1.29 is 37.3 Å². The predicted molar refractivity (Wildman–Crippen MR) is 150 cm³/mol. The molecule has 8 nitrogen and oxygen atoms in total. The summed E-state index contributed by atoms with van der Waals surface area (Å²) in [4.78, 5) is 24.3. The summed E-state index contributed by atoms with van der Waals surface area (Å²) in [5.41, 5.74) is 3.21. The Bertz CT molecular complexity index is 1590. The second-order valence-corrected chi connectivity index (χ2v) is 10.8. The normalized spacial score (nSPS) is 14.5. The number of alkyl carbamates (subject to hydrolysis) is 1. The number of carbonyl (C=O) groups excluding carboxylic acids is 2. The molecule has 1 unspecified atom stereocenters. The van der Waals surface area contributed by atoms with Crippen LogP contribution in [0.15, 0.2) is 65.3 Å². The summed E-state index contributed by atoms with van der Waals surface area (Å²) in [7, 11) is 0. The van der Waals surface area contributed by atoms with Crippen molar-refractivity contribution in [3.05, 3.63) is 83.4 Å². The lowest BCUT2D eigenvalue weighted by molar-refractivity contribution is -0.142. The fourth-order valence-corrected chi connectivity index (χ4v) is 4.72. The average molecular weight is 562 g/mol. The highest BCUT2D eigenvalue weighted by atomic mass is 19.1. The summed E-state index contributed by atoms with van der Waals surface area (Å²) < 4.78 is 43.4. The number of furan rings is 1. The van der Waals surface area contributed by atoms with E-state index in [1.165, 1.54) is 12.1 Å². The van der Waals surface area contributed by atoms with E-state index in [0.29, 0.717) is 45.9 Å². The number of halogens is 1. The van der Waals surface area contributed by atoms with Gasteiger partial charge in [-0.1, -0.05) is 12.1 Å². The first-order valence-corrected chi connectivity index (χ1v) is 13.4. The van der Waals surface area contributed by atoms with Gasteiger partial charge in [0.05, 0.1) is 19.3 Å². The fraction of sp³-hybridized carbons (Fsp3) is 0.312. The van der Waals surface area contributed by atoms with E-state index < -0.39 is 23.6 Å². The van der Waals surface area contributed by atoms with E-state index in [9.17, 15) is 14.0 Å². The van der Waals surface area contributed by atoms with Gasteiger partial charge in [-0.25, -0.2) is 9.18 Å². The van der Waals surface area contributed by atoms with Crippen LogP contribution in [0.3, 0.4) is 0 Å². The summed E-state index contributed by atoms with van der Waals surface area (Å²) in [5, 5.41) is 3.48. The molecule has 0 radical (unpaired) electrons. The Balaban J connectivity index is 1.45. The quantitative estimate of drug-likeness (QED) is 0.246. The number of rotatable bonds is 7. The van der Waals surface area contributed by atoms with Gasteiger partial charge in [0.25, 0.3) is 0 Å². The minimum absolute atomic E-state index is 0.0580. The zero-order chi connectivity index (χ0) is 29.1. The largest absolute Gasteiger partial charge is 0.485 e. The third-order valence-corrected chi connectivity index (χ3v) is 6.40. The maximum absolute atomic E-state index is 14.8. The standard InChI is InChI=1S/C32H32FNO7/c1-5-37-28(35)16-20-7-6-8-26-30(20)40-27(18-39-26)23-13-21-9-10-38-29(21)25(15-23)22-11-19(12-24(33)14-22)17-34-31(36)41-32(2,3)4/h6-15,27H,5,16-18H2,1-4H3,(H,34,36). The summed E-state index contributed by atoms with van der Waals surface area (Å²) in [6.07, 6.45) is 0.553. The lowest BCUT2D eigenvalue weighted by Gasteiger charge is -2.28. The summed E-state index contributed by atoms with van der Waals surface area (Å²) >= 11 is 0. The fourth-order valence-electron chi connectivity index (χ4n) is 4.72. The molecule has 0 fully saturated rings. The maximum Gasteiger partial charge on any atom is 0.407 e. The second-order valence-electron chi connectivity index (χ2n) is 10.8. The van der Waals surface area contributed by atoms with Gasteiger partial charge in [0.2, 0.25) is 0 Å². The van der Waals surface area contributed by atoms with Gasteiger partial charge in [0.1, 0.15) is 23.6 Å². The molecule has 0 saturated heterocycles. The van der Waals surface area contributed by atoms with Crippen LogP contribution in [-0.4, -0.2) is 30.9 Å². The summed E-state index contributed by atoms with van der Waals surface area (Å²) in [6.45, 7) is 7.70. The topological polar surface area (TPSA) is 96.2 Å². The van der Waals surface area contributed by atoms with Gasteiger partial charge >= 0.3 is 12.1 Å². The first-order chi connectivity index (χ1) is 19.6. The minimum atomic E-state index is -0.645. The molecule has 1 aromatic heterocycles. The van der Waals surface area contributed by atoms with E-state index in [1.807, 2.05) is 30.3 Å². The molecule has 0 bridgehead atoms. The van der Waals surface area contributed by atoms with Crippen LogP contribution in [-0.2, 0) is 27.2 Å². The number of hydrogen-bond donors (Lipinski definition) is 1. The van der Waals surface area contributed by atoms with E-state index in [2.05, 4.69) is 5.32 Å². The number of para-hydroxylation sites is 1. The minimum Gasteiger partial charge on any atom is -0.485 e. The molecule has 1 amide bonds. The number of hydrogen-bond acceptors (Lipinski definition) is 7. The number of nitrogens with one attached hydrogen (secondary N) is 1. The Hall–Kier alpha value is -4.53. The van der Waals surface area contributed by atoms with Crippen LogP contribution in [0.25, 0.3) is 22.1 Å². The Morgan fingerprint density at radius 3 is 2.71 bits per heavy atom. The van der Waals surface area contributed by atoms with Crippen LogP contribution in [0, 0.1) is 5.82 Å². The van der Waals surface area contributed by atoms with Crippen molar-refractivity contribution in [2.45, 2.75) is 52.4 Å². The molecule has 5 rings (SSSR count). The average Bonchev–Trinajstić information content (AvgIpc) is 3.39. The Morgan fingerprint density at radius 2 is 1.93 bits per heavy atom. The zero-order valence-corrected chi connectivity index (χ0v) is 23.4. The van der Waals surface area contributed by atoms with Crippen molar-refractivity contribution >= 4 is 23.0 Å². The Labute approximate surface area is 237 Å². The molecule has 3 aromatic carbocycles. The molecule has 1 aliphatic heterocycles. The summed E-state index contributed by atoms with van der Waals surface area (Å²) in [6, 6.07) is 15.7. The van der Waals surface area contributed by atoms with Crippen molar-refractivity contribution in [1.82, 2.24) is 5.32 Å². The number of carbonyl (C=O) groups is 2. The van der Waals surface area contributed by atoms with Crippen molar-refractivity contribution in [3.63, 3.8) is 0 Å². The SMILES string of the molecule is CCOC(=O)Cc1cccc2c1OC(c1cc(-c3cc(F)cc(CNC(=O)OC(C)(C)C)c3)c3occc3c1)CO2. The highest BCUT2D eigenvalue weighted by Gasteiger charge is 2.27. The number of ether oxygens (including phenoxy) is 4. The van der Waals surface area contributed by atoms with Crippen molar-refractivity contribution in [1.29, 1.82) is 0 Å². The molecule has 4 aromatic rings. The zero-order valence-electron chi connectivity index (χ0n) is 23.4. The van der Waals surface area contributed by atoms with Gasteiger partial charge < -0.3 is 28.7 Å². The van der Waals surface area contributed by atoms with Crippen molar-refractivity contribution in [3.8, 4) is 22.6 Å². The molecule has 9 heteroatoms. The number of fused-ring (bicyclic) bond motifs is 2. The van der Waals surface area contributed by atoms with Crippen LogP contribution in [0.2, 0.25) is 0 Å². The first kappa shape index (κ1) is 28.0. The monoisotopic (exact) mass is 561 g/mol. The van der Waals surface area contributed by atoms with E-state index >= 15 is 0 Å². The van der Waals surface area contributed by atoms with Gasteiger partial charge in [0.15, 0.2) is 17.6 Å². The molecule has 0 spiro atoms. The van der Waals surface area contributed by atoms with Gasteiger partial charge in [-0.3, -0.25) is 4.79 Å².